The number of nitrogens with zero attached hydrogens (tertiary/aromatic N) is 1. The average Bonchev–Trinajstić information content (AvgIpc) is 3.14. The molecule has 25 heavy (non-hydrogen) atoms. The monoisotopic (exact) mass is 334 g/mol. The van der Waals surface area contributed by atoms with Crippen LogP contribution in [-0.2, 0) is 4.79 Å². The summed E-state index contributed by atoms with van der Waals surface area (Å²) < 4.78 is 7.28. The minimum absolute atomic E-state index is 0.0138. The molecule has 0 bridgehead atoms. The van der Waals surface area contributed by atoms with Crippen molar-refractivity contribution >= 4 is 11.6 Å². The van der Waals surface area contributed by atoms with Gasteiger partial charge in [0.15, 0.2) is 0 Å². The van der Waals surface area contributed by atoms with Crippen LogP contribution in [0.15, 0.2) is 73.1 Å². The SMILES string of the molecule is COc1ccc(C(CC(=O)Nc2cccc(C)c2)n2cccc2)cc1. The summed E-state index contributed by atoms with van der Waals surface area (Å²) in [5, 5.41) is 2.99. The van der Waals surface area contributed by atoms with Crippen molar-refractivity contribution in [2.45, 2.75) is 19.4 Å². The van der Waals surface area contributed by atoms with Gasteiger partial charge in [-0.2, -0.15) is 0 Å². The summed E-state index contributed by atoms with van der Waals surface area (Å²) in [6.45, 7) is 2.01. The van der Waals surface area contributed by atoms with Crippen LogP contribution in [0.4, 0.5) is 5.69 Å². The Hall–Kier alpha value is -3.01. The number of amides is 1. The number of aryl methyl sites for hydroxylation is 1. The van der Waals surface area contributed by atoms with E-state index in [-0.39, 0.29) is 11.9 Å². The Morgan fingerprint density at radius 2 is 1.80 bits per heavy atom. The van der Waals surface area contributed by atoms with Gasteiger partial charge < -0.3 is 14.6 Å². The largest absolute Gasteiger partial charge is 0.497 e. The zero-order valence-electron chi connectivity index (χ0n) is 14.5. The molecule has 0 aliphatic rings. The number of methoxy groups -OCH3 is 1. The van der Waals surface area contributed by atoms with E-state index >= 15 is 0 Å². The van der Waals surface area contributed by atoms with Gasteiger partial charge in [-0.25, -0.2) is 0 Å². The van der Waals surface area contributed by atoms with Crippen LogP contribution in [0.2, 0.25) is 0 Å². The molecule has 0 radical (unpaired) electrons. The second kappa shape index (κ2) is 7.71. The molecule has 1 amide bonds. The summed E-state index contributed by atoms with van der Waals surface area (Å²) in [5.41, 5.74) is 3.01. The van der Waals surface area contributed by atoms with E-state index in [1.807, 2.05) is 80.0 Å². The maximum absolute atomic E-state index is 12.6. The van der Waals surface area contributed by atoms with Crippen LogP contribution in [-0.4, -0.2) is 17.6 Å². The number of carbonyl (C=O) groups excluding carboxylic acids is 1. The highest BCUT2D eigenvalue weighted by molar-refractivity contribution is 5.91. The van der Waals surface area contributed by atoms with Crippen molar-refractivity contribution in [2.75, 3.05) is 12.4 Å². The summed E-state index contributed by atoms with van der Waals surface area (Å²) >= 11 is 0. The molecule has 4 nitrogen and oxygen atoms in total. The molecule has 0 aliphatic heterocycles. The van der Waals surface area contributed by atoms with Crippen LogP contribution >= 0.6 is 0 Å². The number of aromatic nitrogens is 1. The fourth-order valence-electron chi connectivity index (χ4n) is 2.89. The van der Waals surface area contributed by atoms with Gasteiger partial charge in [-0.15, -0.1) is 0 Å². The van der Waals surface area contributed by atoms with Crippen molar-refractivity contribution < 1.29 is 9.53 Å². The standard InChI is InChI=1S/C21H22N2O2/c1-16-6-5-7-18(14-16)22-21(24)15-20(23-12-3-4-13-23)17-8-10-19(25-2)11-9-17/h3-14,20H,15H2,1-2H3,(H,22,24). The van der Waals surface area contributed by atoms with Gasteiger partial charge in [0.25, 0.3) is 0 Å². The molecule has 1 unspecified atom stereocenters. The van der Waals surface area contributed by atoms with Crippen molar-refractivity contribution in [1.82, 2.24) is 4.57 Å². The van der Waals surface area contributed by atoms with Crippen LogP contribution in [0.25, 0.3) is 0 Å². The van der Waals surface area contributed by atoms with Gasteiger partial charge in [0.1, 0.15) is 5.75 Å². The molecule has 1 atom stereocenters. The number of ether oxygens (including phenoxy) is 1. The Morgan fingerprint density at radius 3 is 2.44 bits per heavy atom. The summed E-state index contributed by atoms with van der Waals surface area (Å²) in [4.78, 5) is 12.6. The van der Waals surface area contributed by atoms with E-state index in [0.717, 1.165) is 22.6 Å². The third kappa shape index (κ3) is 4.29. The highest BCUT2D eigenvalue weighted by Gasteiger charge is 2.17. The Morgan fingerprint density at radius 1 is 1.08 bits per heavy atom. The maximum Gasteiger partial charge on any atom is 0.226 e. The molecule has 3 aromatic rings. The Bertz CT molecular complexity index is 823. The van der Waals surface area contributed by atoms with E-state index in [0.29, 0.717) is 6.42 Å². The third-order valence-corrected chi connectivity index (χ3v) is 4.17. The number of benzene rings is 2. The Balaban J connectivity index is 1.79. The van der Waals surface area contributed by atoms with E-state index in [1.54, 1.807) is 7.11 Å². The lowest BCUT2D eigenvalue weighted by atomic mass is 10.0. The molecule has 0 saturated heterocycles. The molecule has 128 valence electrons. The van der Waals surface area contributed by atoms with Crippen molar-refractivity contribution in [2.24, 2.45) is 0 Å². The van der Waals surface area contributed by atoms with Gasteiger partial charge in [0, 0.05) is 18.1 Å². The predicted molar refractivity (Wildman–Crippen MR) is 100.0 cm³/mol. The Labute approximate surface area is 148 Å². The highest BCUT2D eigenvalue weighted by Crippen LogP contribution is 2.25. The lowest BCUT2D eigenvalue weighted by Crippen LogP contribution is -2.19. The average molecular weight is 334 g/mol. The molecule has 1 aromatic heterocycles. The number of nitrogens with one attached hydrogen (secondary N) is 1. The number of carbonyl (C=O) groups is 1. The normalized spacial score (nSPS) is 11.8. The van der Waals surface area contributed by atoms with Gasteiger partial charge in [-0.3, -0.25) is 4.79 Å². The first-order valence-electron chi connectivity index (χ1n) is 8.28. The first-order chi connectivity index (χ1) is 12.2. The van der Waals surface area contributed by atoms with E-state index in [9.17, 15) is 4.79 Å². The molecule has 2 aromatic carbocycles. The van der Waals surface area contributed by atoms with Crippen LogP contribution in [0.3, 0.4) is 0 Å². The second-order valence-electron chi connectivity index (χ2n) is 6.04. The van der Waals surface area contributed by atoms with Crippen molar-refractivity contribution in [3.63, 3.8) is 0 Å². The summed E-state index contributed by atoms with van der Waals surface area (Å²) in [6, 6.07) is 19.5. The number of anilines is 1. The Kier molecular flexibility index (Phi) is 5.19. The van der Waals surface area contributed by atoms with Crippen molar-refractivity contribution in [3.8, 4) is 5.75 Å². The van der Waals surface area contributed by atoms with Gasteiger partial charge in [0.2, 0.25) is 5.91 Å². The summed E-state index contributed by atoms with van der Waals surface area (Å²) in [5.74, 6) is 0.791. The molecule has 1 heterocycles. The maximum atomic E-state index is 12.6. The van der Waals surface area contributed by atoms with Crippen LogP contribution < -0.4 is 10.1 Å². The smallest absolute Gasteiger partial charge is 0.226 e. The molecule has 4 heteroatoms. The van der Waals surface area contributed by atoms with Crippen LogP contribution in [0, 0.1) is 6.92 Å². The molecular formula is C21H22N2O2. The summed E-state index contributed by atoms with van der Waals surface area (Å²) in [6.07, 6.45) is 4.32. The van der Waals surface area contributed by atoms with Gasteiger partial charge >= 0.3 is 0 Å². The molecular weight excluding hydrogens is 312 g/mol. The summed E-state index contributed by atoms with van der Waals surface area (Å²) in [7, 11) is 1.65. The van der Waals surface area contributed by atoms with Gasteiger partial charge in [-0.05, 0) is 54.4 Å². The number of rotatable bonds is 6. The highest BCUT2D eigenvalue weighted by atomic mass is 16.5. The minimum Gasteiger partial charge on any atom is -0.497 e. The first-order valence-corrected chi connectivity index (χ1v) is 8.28. The van der Waals surface area contributed by atoms with E-state index in [2.05, 4.69) is 9.88 Å². The minimum atomic E-state index is -0.0642. The van der Waals surface area contributed by atoms with E-state index < -0.39 is 0 Å². The molecule has 0 aliphatic carbocycles. The van der Waals surface area contributed by atoms with Crippen molar-refractivity contribution in [1.29, 1.82) is 0 Å². The zero-order chi connectivity index (χ0) is 17.6. The second-order valence-corrected chi connectivity index (χ2v) is 6.04. The lowest BCUT2D eigenvalue weighted by Gasteiger charge is -2.20. The van der Waals surface area contributed by atoms with Gasteiger partial charge in [-0.1, -0.05) is 24.3 Å². The zero-order valence-corrected chi connectivity index (χ0v) is 14.5. The topological polar surface area (TPSA) is 43.3 Å². The molecule has 0 spiro atoms. The van der Waals surface area contributed by atoms with Crippen molar-refractivity contribution in [3.05, 3.63) is 84.2 Å². The van der Waals surface area contributed by atoms with E-state index in [4.69, 9.17) is 4.74 Å². The molecule has 1 N–H and O–H groups in total. The fraction of sp³-hybridized carbons (Fsp3) is 0.190. The molecule has 0 fully saturated rings. The third-order valence-electron chi connectivity index (χ3n) is 4.17. The van der Waals surface area contributed by atoms with Crippen LogP contribution in [0.5, 0.6) is 5.75 Å². The lowest BCUT2D eigenvalue weighted by molar-refractivity contribution is -0.116. The van der Waals surface area contributed by atoms with Gasteiger partial charge in [0.05, 0.1) is 19.6 Å². The fourth-order valence-corrected chi connectivity index (χ4v) is 2.89. The van der Waals surface area contributed by atoms with Crippen LogP contribution in [0.1, 0.15) is 23.6 Å². The molecule has 0 saturated carbocycles. The quantitative estimate of drug-likeness (QED) is 0.725. The first kappa shape index (κ1) is 16.8. The number of hydrogen-bond acceptors (Lipinski definition) is 2. The molecule has 3 rings (SSSR count). The van der Waals surface area contributed by atoms with E-state index in [1.165, 1.54) is 0 Å². The predicted octanol–water partition coefficient (Wildman–Crippen LogP) is 4.42. The number of hydrogen-bond donors (Lipinski definition) is 1.